The molecule has 0 amide bonds. The second-order valence-corrected chi connectivity index (χ2v) is 7.56. The van der Waals surface area contributed by atoms with Crippen LogP contribution in [0.15, 0.2) is 0 Å². The average molecular weight is 264 g/mol. The number of nitrogens with zero attached hydrogens (tertiary/aromatic N) is 2. The molecule has 2 atom stereocenters. The lowest BCUT2D eigenvalue weighted by atomic mass is 9.61. The van der Waals surface area contributed by atoms with Crippen molar-refractivity contribution in [3.8, 4) is 0 Å². The largest absolute Gasteiger partial charge is 0.144 e. The van der Waals surface area contributed by atoms with Gasteiger partial charge in [0.25, 0.3) is 0 Å². The molecule has 100 valence electrons. The van der Waals surface area contributed by atoms with E-state index in [1.807, 2.05) is 11.3 Å². The van der Waals surface area contributed by atoms with Gasteiger partial charge in [0, 0.05) is 5.92 Å². The highest BCUT2D eigenvalue weighted by atomic mass is 32.1. The molecule has 1 saturated carbocycles. The van der Waals surface area contributed by atoms with E-state index in [-0.39, 0.29) is 5.31 Å². The minimum absolute atomic E-state index is 0.277. The lowest BCUT2D eigenvalue weighted by Gasteiger charge is -2.31. The van der Waals surface area contributed by atoms with Crippen molar-refractivity contribution in [1.82, 2.24) is 10.2 Å². The van der Waals surface area contributed by atoms with Gasteiger partial charge in [-0.25, -0.2) is 0 Å². The summed E-state index contributed by atoms with van der Waals surface area (Å²) < 4.78 is 0. The highest BCUT2D eigenvalue weighted by molar-refractivity contribution is 7.11. The normalized spacial score (nSPS) is 30.1. The third kappa shape index (κ3) is 3.14. The molecular weight excluding hydrogens is 239 g/mol. The minimum Gasteiger partial charge on any atom is -0.144 e. The van der Waals surface area contributed by atoms with Crippen LogP contribution in [-0.2, 0) is 5.31 Å². The Morgan fingerprint density at radius 3 is 2.67 bits per heavy atom. The first-order valence-electron chi connectivity index (χ1n) is 7.35. The summed E-state index contributed by atoms with van der Waals surface area (Å²) in [6.45, 7) is 6.80. The summed E-state index contributed by atoms with van der Waals surface area (Å²) in [4.78, 5) is 0. The van der Waals surface area contributed by atoms with Crippen LogP contribution >= 0.6 is 11.3 Å². The molecule has 0 aromatic carbocycles. The fourth-order valence-electron chi connectivity index (χ4n) is 2.77. The Balaban J connectivity index is 2.16. The molecule has 0 N–H and O–H groups in total. The van der Waals surface area contributed by atoms with E-state index >= 15 is 0 Å². The first-order chi connectivity index (χ1) is 8.51. The smallest absolute Gasteiger partial charge is 0.119 e. The summed E-state index contributed by atoms with van der Waals surface area (Å²) in [5, 5.41) is 11.6. The SMILES string of the molecule is BC1(c2nnc(C(C)C)s2)CCCCC(C)CC1. The summed E-state index contributed by atoms with van der Waals surface area (Å²) in [6, 6.07) is 0. The Labute approximate surface area is 116 Å². The number of hydrogen-bond donors (Lipinski definition) is 0. The lowest BCUT2D eigenvalue weighted by Crippen LogP contribution is -2.28. The molecule has 18 heavy (non-hydrogen) atoms. The molecule has 1 aliphatic rings. The second kappa shape index (κ2) is 5.73. The molecule has 2 nitrogen and oxygen atoms in total. The van der Waals surface area contributed by atoms with Crippen molar-refractivity contribution in [3.63, 3.8) is 0 Å². The zero-order chi connectivity index (χ0) is 13.2. The van der Waals surface area contributed by atoms with Crippen LogP contribution in [0.5, 0.6) is 0 Å². The Morgan fingerprint density at radius 2 is 2.00 bits per heavy atom. The minimum atomic E-state index is 0.277. The summed E-state index contributed by atoms with van der Waals surface area (Å²) in [5.41, 5.74) is 0. The van der Waals surface area contributed by atoms with Crippen LogP contribution in [0, 0.1) is 5.92 Å². The molecular formula is C14H25BN2S. The molecule has 0 bridgehead atoms. The van der Waals surface area contributed by atoms with Gasteiger partial charge in [-0.05, 0) is 24.1 Å². The Morgan fingerprint density at radius 1 is 1.22 bits per heavy atom. The van der Waals surface area contributed by atoms with Gasteiger partial charge < -0.3 is 0 Å². The third-order valence-electron chi connectivity index (χ3n) is 4.32. The van der Waals surface area contributed by atoms with E-state index in [9.17, 15) is 0 Å². The fourth-order valence-corrected chi connectivity index (χ4v) is 3.82. The van der Waals surface area contributed by atoms with Crippen LogP contribution in [0.25, 0.3) is 0 Å². The van der Waals surface area contributed by atoms with Crippen LogP contribution in [0.1, 0.15) is 75.2 Å². The Hall–Kier alpha value is -0.375. The van der Waals surface area contributed by atoms with Crippen LogP contribution in [0.2, 0.25) is 0 Å². The van der Waals surface area contributed by atoms with Gasteiger partial charge in [0.15, 0.2) is 0 Å². The molecule has 1 aliphatic carbocycles. The molecule has 0 aliphatic heterocycles. The van der Waals surface area contributed by atoms with Gasteiger partial charge in [0.1, 0.15) is 17.9 Å². The van der Waals surface area contributed by atoms with E-state index in [0.717, 1.165) is 5.92 Å². The Kier molecular flexibility index (Phi) is 4.47. The molecule has 2 rings (SSSR count). The number of hydrogen-bond acceptors (Lipinski definition) is 3. The van der Waals surface area contributed by atoms with E-state index in [0.29, 0.717) is 5.92 Å². The van der Waals surface area contributed by atoms with Gasteiger partial charge in [-0.3, -0.25) is 0 Å². The highest BCUT2D eigenvalue weighted by Crippen LogP contribution is 2.38. The molecule has 1 heterocycles. The first-order valence-corrected chi connectivity index (χ1v) is 8.17. The number of aromatic nitrogens is 2. The average Bonchev–Trinajstić information content (AvgIpc) is 2.80. The highest BCUT2D eigenvalue weighted by Gasteiger charge is 2.32. The fraction of sp³-hybridized carbons (Fsp3) is 0.857. The maximum Gasteiger partial charge on any atom is 0.119 e. The number of rotatable bonds is 2. The first kappa shape index (κ1) is 14.0. The van der Waals surface area contributed by atoms with Gasteiger partial charge in [0.05, 0.1) is 0 Å². The second-order valence-electron chi connectivity index (χ2n) is 6.55. The van der Waals surface area contributed by atoms with Gasteiger partial charge in [0.2, 0.25) is 0 Å². The summed E-state index contributed by atoms with van der Waals surface area (Å²) >= 11 is 1.84. The van der Waals surface area contributed by atoms with Crippen molar-refractivity contribution < 1.29 is 0 Å². The predicted molar refractivity (Wildman–Crippen MR) is 81.1 cm³/mol. The third-order valence-corrected chi connectivity index (χ3v) is 5.85. The van der Waals surface area contributed by atoms with Crippen molar-refractivity contribution >= 4 is 19.2 Å². The summed E-state index contributed by atoms with van der Waals surface area (Å²) in [6.07, 6.45) is 8.04. The molecule has 1 aromatic rings. The summed E-state index contributed by atoms with van der Waals surface area (Å²) in [5.74, 6) is 1.38. The molecule has 0 radical (unpaired) electrons. The van der Waals surface area contributed by atoms with Gasteiger partial charge >= 0.3 is 0 Å². The van der Waals surface area contributed by atoms with Crippen molar-refractivity contribution in [3.05, 3.63) is 10.0 Å². The van der Waals surface area contributed by atoms with Crippen molar-refractivity contribution in [2.45, 2.75) is 70.5 Å². The van der Waals surface area contributed by atoms with Crippen LogP contribution in [-0.4, -0.2) is 18.0 Å². The van der Waals surface area contributed by atoms with Crippen LogP contribution in [0.3, 0.4) is 0 Å². The molecule has 0 spiro atoms. The molecule has 2 unspecified atom stereocenters. The zero-order valence-corrected chi connectivity index (χ0v) is 13.0. The topological polar surface area (TPSA) is 25.8 Å². The van der Waals surface area contributed by atoms with Gasteiger partial charge in [-0.1, -0.05) is 46.5 Å². The van der Waals surface area contributed by atoms with Crippen LogP contribution < -0.4 is 0 Å². The summed E-state index contributed by atoms with van der Waals surface area (Å²) in [7, 11) is 2.40. The monoisotopic (exact) mass is 264 g/mol. The van der Waals surface area contributed by atoms with Gasteiger partial charge in [-0.2, -0.15) is 0 Å². The van der Waals surface area contributed by atoms with E-state index < -0.39 is 0 Å². The Bertz CT molecular complexity index is 391. The maximum atomic E-state index is 4.50. The van der Waals surface area contributed by atoms with E-state index in [1.54, 1.807) is 0 Å². The van der Waals surface area contributed by atoms with Crippen molar-refractivity contribution in [1.29, 1.82) is 0 Å². The van der Waals surface area contributed by atoms with E-state index in [4.69, 9.17) is 0 Å². The van der Waals surface area contributed by atoms with E-state index in [1.165, 1.54) is 48.5 Å². The molecule has 1 fully saturated rings. The standard InChI is InChI=1S/C14H25BN2S/c1-10(2)12-16-17-13(18-12)14(15)8-5-4-6-11(3)7-9-14/h10-11H,4-9,15H2,1-3H3. The molecule has 4 heteroatoms. The lowest BCUT2D eigenvalue weighted by molar-refractivity contribution is 0.349. The molecule has 0 saturated heterocycles. The predicted octanol–water partition coefficient (Wildman–Crippen LogP) is 3.48. The van der Waals surface area contributed by atoms with Crippen molar-refractivity contribution in [2.24, 2.45) is 5.92 Å². The van der Waals surface area contributed by atoms with Gasteiger partial charge in [-0.15, -0.1) is 21.5 Å². The zero-order valence-electron chi connectivity index (χ0n) is 12.2. The van der Waals surface area contributed by atoms with E-state index in [2.05, 4.69) is 38.8 Å². The molecule has 1 aromatic heterocycles. The van der Waals surface area contributed by atoms with Crippen molar-refractivity contribution in [2.75, 3.05) is 0 Å². The quantitative estimate of drug-likeness (QED) is 0.764. The van der Waals surface area contributed by atoms with Crippen LogP contribution in [0.4, 0.5) is 0 Å². The maximum absolute atomic E-state index is 4.50.